The third-order valence-corrected chi connectivity index (χ3v) is 6.91. The number of nitrogens with one attached hydrogen (secondary N) is 1. The van der Waals surface area contributed by atoms with Crippen LogP contribution in [0.5, 0.6) is 0 Å². The quantitative estimate of drug-likeness (QED) is 0.584. The first-order chi connectivity index (χ1) is 14.9. The number of nitrogens with zero attached hydrogens (tertiary/aromatic N) is 5. The number of carbonyl (C=O) groups is 1. The monoisotopic (exact) mass is 438 g/mol. The van der Waals surface area contributed by atoms with E-state index in [2.05, 4.69) is 20.3 Å². The number of ketones is 1. The number of hydrogen-bond donors (Lipinski definition) is 1. The lowest BCUT2D eigenvalue weighted by Crippen LogP contribution is -2.49. The van der Waals surface area contributed by atoms with Gasteiger partial charge in [0.05, 0.1) is 4.90 Å². The van der Waals surface area contributed by atoms with Crippen molar-refractivity contribution >= 4 is 33.3 Å². The summed E-state index contributed by atoms with van der Waals surface area (Å²) in [5.41, 5.74) is 0.383. The Morgan fingerprint density at radius 2 is 1.74 bits per heavy atom. The van der Waals surface area contributed by atoms with Gasteiger partial charge in [0.1, 0.15) is 23.8 Å². The molecular weight excluding hydrogens is 416 g/mol. The molecule has 0 radical (unpaired) electrons. The highest BCUT2D eigenvalue weighted by molar-refractivity contribution is 7.89. The van der Waals surface area contributed by atoms with Crippen LogP contribution in [-0.4, -0.2) is 59.6 Å². The van der Waals surface area contributed by atoms with Gasteiger partial charge in [-0.25, -0.2) is 23.4 Å². The summed E-state index contributed by atoms with van der Waals surface area (Å²) in [6.45, 7) is 3.04. The van der Waals surface area contributed by atoms with Gasteiger partial charge in [0.15, 0.2) is 5.78 Å². The van der Waals surface area contributed by atoms with Crippen LogP contribution in [0.3, 0.4) is 0 Å². The predicted molar refractivity (Wildman–Crippen MR) is 117 cm³/mol. The zero-order chi connectivity index (χ0) is 21.8. The maximum absolute atomic E-state index is 13.0. The van der Waals surface area contributed by atoms with Crippen molar-refractivity contribution in [1.82, 2.24) is 19.3 Å². The van der Waals surface area contributed by atoms with Crippen molar-refractivity contribution in [2.24, 2.45) is 0 Å². The number of aromatic nitrogens is 3. The SMILES string of the molecule is CC(=O)c1cccc(S(=O)(=O)N2CCN(c3cc(Nc4ccccn4)ncn3)CC2)c1. The van der Waals surface area contributed by atoms with Crippen molar-refractivity contribution < 1.29 is 13.2 Å². The topological polar surface area (TPSA) is 108 Å². The number of Topliss-reactive ketones (excluding diaryl/α,β-unsaturated/α-hetero) is 1. The second kappa shape index (κ2) is 8.78. The normalized spacial score (nSPS) is 14.9. The second-order valence-electron chi connectivity index (χ2n) is 7.08. The molecule has 0 bridgehead atoms. The highest BCUT2D eigenvalue weighted by Crippen LogP contribution is 2.22. The van der Waals surface area contributed by atoms with E-state index < -0.39 is 10.0 Å². The summed E-state index contributed by atoms with van der Waals surface area (Å²) in [6, 6.07) is 13.5. The number of benzene rings is 1. The van der Waals surface area contributed by atoms with E-state index in [1.807, 2.05) is 29.2 Å². The molecule has 3 heterocycles. The van der Waals surface area contributed by atoms with Crippen LogP contribution in [0.2, 0.25) is 0 Å². The summed E-state index contributed by atoms with van der Waals surface area (Å²) in [5.74, 6) is 1.83. The fourth-order valence-electron chi connectivity index (χ4n) is 3.34. The summed E-state index contributed by atoms with van der Waals surface area (Å²) >= 11 is 0. The van der Waals surface area contributed by atoms with Crippen LogP contribution >= 0.6 is 0 Å². The van der Waals surface area contributed by atoms with Gasteiger partial charge in [0.25, 0.3) is 0 Å². The van der Waals surface area contributed by atoms with Crippen LogP contribution in [0.1, 0.15) is 17.3 Å². The Labute approximate surface area is 180 Å². The van der Waals surface area contributed by atoms with E-state index in [0.29, 0.717) is 49.2 Å². The smallest absolute Gasteiger partial charge is 0.243 e. The van der Waals surface area contributed by atoms with Crippen LogP contribution in [0.4, 0.5) is 17.5 Å². The molecule has 2 aromatic heterocycles. The fraction of sp³-hybridized carbons (Fsp3) is 0.238. The zero-order valence-corrected chi connectivity index (χ0v) is 17.8. The molecule has 0 amide bonds. The molecule has 0 atom stereocenters. The molecule has 1 aromatic carbocycles. The lowest BCUT2D eigenvalue weighted by Gasteiger charge is -2.34. The van der Waals surface area contributed by atoms with E-state index in [4.69, 9.17) is 0 Å². The molecule has 9 nitrogen and oxygen atoms in total. The van der Waals surface area contributed by atoms with Crippen molar-refractivity contribution in [1.29, 1.82) is 0 Å². The van der Waals surface area contributed by atoms with E-state index in [1.54, 1.807) is 18.3 Å². The van der Waals surface area contributed by atoms with Crippen molar-refractivity contribution in [3.63, 3.8) is 0 Å². The molecule has 0 spiro atoms. The maximum atomic E-state index is 13.0. The van der Waals surface area contributed by atoms with Gasteiger partial charge in [-0.05, 0) is 31.2 Å². The molecule has 0 saturated carbocycles. The number of sulfonamides is 1. The molecule has 1 fully saturated rings. The summed E-state index contributed by atoms with van der Waals surface area (Å²) in [6.07, 6.45) is 3.16. The summed E-state index contributed by atoms with van der Waals surface area (Å²) < 4.78 is 27.5. The Morgan fingerprint density at radius 1 is 0.935 bits per heavy atom. The van der Waals surface area contributed by atoms with Crippen molar-refractivity contribution in [2.75, 3.05) is 36.4 Å². The highest BCUT2D eigenvalue weighted by atomic mass is 32.2. The first-order valence-electron chi connectivity index (χ1n) is 9.80. The number of anilines is 3. The molecule has 160 valence electrons. The minimum Gasteiger partial charge on any atom is -0.354 e. The first kappa shape index (κ1) is 20.9. The number of pyridine rings is 1. The Bertz CT molecular complexity index is 1180. The van der Waals surface area contributed by atoms with Crippen molar-refractivity contribution in [3.05, 3.63) is 66.6 Å². The largest absolute Gasteiger partial charge is 0.354 e. The van der Waals surface area contributed by atoms with Gasteiger partial charge in [-0.3, -0.25) is 4.79 Å². The zero-order valence-electron chi connectivity index (χ0n) is 17.0. The van der Waals surface area contributed by atoms with Gasteiger partial charge < -0.3 is 10.2 Å². The summed E-state index contributed by atoms with van der Waals surface area (Å²) in [5, 5.41) is 3.13. The first-order valence-corrected chi connectivity index (χ1v) is 11.2. The molecule has 1 aliphatic heterocycles. The Hall–Kier alpha value is -3.37. The Kier molecular flexibility index (Phi) is 5.92. The molecule has 31 heavy (non-hydrogen) atoms. The van der Waals surface area contributed by atoms with Crippen LogP contribution in [0.15, 0.2) is 66.0 Å². The number of rotatable bonds is 6. The van der Waals surface area contributed by atoms with Gasteiger partial charge in [-0.1, -0.05) is 18.2 Å². The average Bonchev–Trinajstić information content (AvgIpc) is 2.80. The molecule has 0 unspecified atom stereocenters. The standard InChI is InChI=1S/C21H22N6O3S/c1-16(28)17-5-4-6-18(13-17)31(29,30)27-11-9-26(10-12-27)21-14-20(23-15-24-21)25-19-7-2-3-8-22-19/h2-8,13-15H,9-12H2,1H3,(H,22,23,24,25). The van der Waals surface area contributed by atoms with Gasteiger partial charge in [0.2, 0.25) is 10.0 Å². The third-order valence-electron chi connectivity index (χ3n) is 5.01. The summed E-state index contributed by atoms with van der Waals surface area (Å²) in [7, 11) is -3.67. The number of hydrogen-bond acceptors (Lipinski definition) is 8. The predicted octanol–water partition coefficient (Wildman–Crippen LogP) is 2.33. The fourth-order valence-corrected chi connectivity index (χ4v) is 4.81. The van der Waals surface area contributed by atoms with E-state index in [9.17, 15) is 13.2 Å². The lowest BCUT2D eigenvalue weighted by molar-refractivity contribution is 0.101. The Balaban J connectivity index is 1.44. The third kappa shape index (κ3) is 4.70. The molecular formula is C21H22N6O3S. The van der Waals surface area contributed by atoms with E-state index in [1.165, 1.54) is 29.7 Å². The van der Waals surface area contributed by atoms with E-state index in [-0.39, 0.29) is 10.7 Å². The minimum absolute atomic E-state index is 0.137. The molecule has 10 heteroatoms. The Morgan fingerprint density at radius 3 is 2.45 bits per heavy atom. The molecule has 1 saturated heterocycles. The highest BCUT2D eigenvalue weighted by Gasteiger charge is 2.29. The van der Waals surface area contributed by atoms with E-state index >= 15 is 0 Å². The van der Waals surface area contributed by atoms with E-state index in [0.717, 1.165) is 0 Å². The van der Waals surface area contributed by atoms with Crippen LogP contribution in [-0.2, 0) is 10.0 Å². The van der Waals surface area contributed by atoms with Crippen molar-refractivity contribution in [2.45, 2.75) is 11.8 Å². The van der Waals surface area contributed by atoms with Crippen molar-refractivity contribution in [3.8, 4) is 0 Å². The van der Waals surface area contributed by atoms with Gasteiger partial charge >= 0.3 is 0 Å². The van der Waals surface area contributed by atoms with Gasteiger partial charge in [-0.2, -0.15) is 4.31 Å². The molecule has 3 aromatic rings. The minimum atomic E-state index is -3.67. The lowest BCUT2D eigenvalue weighted by atomic mass is 10.2. The summed E-state index contributed by atoms with van der Waals surface area (Å²) in [4.78, 5) is 26.5. The number of piperazine rings is 1. The molecule has 4 rings (SSSR count). The second-order valence-corrected chi connectivity index (χ2v) is 9.01. The number of carbonyl (C=O) groups excluding carboxylic acids is 1. The van der Waals surface area contributed by atoms with Crippen LogP contribution in [0.25, 0.3) is 0 Å². The van der Waals surface area contributed by atoms with Crippen LogP contribution < -0.4 is 10.2 Å². The van der Waals surface area contributed by atoms with Crippen LogP contribution in [0, 0.1) is 0 Å². The maximum Gasteiger partial charge on any atom is 0.243 e. The molecule has 0 aliphatic carbocycles. The van der Waals surface area contributed by atoms with Gasteiger partial charge in [0, 0.05) is 44.0 Å². The molecule has 1 aliphatic rings. The molecule has 1 N–H and O–H groups in total. The average molecular weight is 439 g/mol. The van der Waals surface area contributed by atoms with Gasteiger partial charge in [-0.15, -0.1) is 0 Å².